The zero-order valence-electron chi connectivity index (χ0n) is 16.1. The van der Waals surface area contributed by atoms with E-state index in [9.17, 15) is 14.4 Å². The average Bonchev–Trinajstić information content (AvgIpc) is 2.69. The highest BCUT2D eigenvalue weighted by molar-refractivity contribution is 8.00. The normalized spacial score (nSPS) is 13.4. The Kier molecular flexibility index (Phi) is 5.15. The number of thioether (sulfide) groups is 1. The van der Waals surface area contributed by atoms with Crippen molar-refractivity contribution < 1.29 is 18.7 Å². The molecule has 4 rings (SSSR count). The number of benzene rings is 2. The lowest BCUT2D eigenvalue weighted by Crippen LogP contribution is -2.40. The number of carbonyl (C=O) groups is 2. The summed E-state index contributed by atoms with van der Waals surface area (Å²) in [5.74, 6) is -0.0678. The van der Waals surface area contributed by atoms with Gasteiger partial charge in [-0.15, -0.1) is 11.8 Å². The number of carbonyl (C=O) groups excluding carboxylic acids is 2. The number of rotatable bonds is 4. The third kappa shape index (κ3) is 3.78. The van der Waals surface area contributed by atoms with Crippen molar-refractivity contribution in [2.45, 2.75) is 25.2 Å². The van der Waals surface area contributed by atoms with Crippen LogP contribution >= 0.6 is 11.8 Å². The molecule has 1 amide bonds. The molecule has 2 heterocycles. The Hall–Kier alpha value is -3.06. The van der Waals surface area contributed by atoms with Crippen LogP contribution in [0.2, 0.25) is 0 Å². The van der Waals surface area contributed by atoms with Crippen LogP contribution in [0.3, 0.4) is 0 Å². The van der Waals surface area contributed by atoms with Gasteiger partial charge in [0.05, 0.1) is 11.4 Å². The topological polar surface area (TPSA) is 76.8 Å². The number of aryl methyl sites for hydroxylation is 2. The summed E-state index contributed by atoms with van der Waals surface area (Å²) in [5.41, 5.74) is 2.25. The van der Waals surface area contributed by atoms with Gasteiger partial charge in [-0.3, -0.25) is 9.69 Å². The summed E-state index contributed by atoms with van der Waals surface area (Å²) in [4.78, 5) is 39.1. The SMILES string of the molecule is CCc1cc2c(C)cc(=O)oc2cc1OC(=O)CN1C(=O)CSc2ccccc21. The average molecular weight is 409 g/mol. The van der Waals surface area contributed by atoms with Crippen molar-refractivity contribution in [3.05, 3.63) is 64.0 Å². The molecule has 0 bridgehead atoms. The Balaban J connectivity index is 1.62. The van der Waals surface area contributed by atoms with Crippen molar-refractivity contribution >= 4 is 40.3 Å². The number of fused-ring (bicyclic) bond motifs is 2. The Morgan fingerprint density at radius 1 is 1.21 bits per heavy atom. The Labute approximate surface area is 171 Å². The van der Waals surface area contributed by atoms with E-state index >= 15 is 0 Å². The van der Waals surface area contributed by atoms with E-state index in [0.29, 0.717) is 23.4 Å². The quantitative estimate of drug-likeness (QED) is 0.371. The molecule has 2 aromatic carbocycles. The number of nitrogens with zero attached hydrogens (tertiary/aromatic N) is 1. The molecule has 29 heavy (non-hydrogen) atoms. The molecule has 1 aliphatic rings. The van der Waals surface area contributed by atoms with E-state index in [2.05, 4.69) is 0 Å². The second-order valence-corrected chi connectivity index (χ2v) is 7.79. The highest BCUT2D eigenvalue weighted by Gasteiger charge is 2.27. The first-order valence-electron chi connectivity index (χ1n) is 9.26. The maximum Gasteiger partial charge on any atom is 0.336 e. The summed E-state index contributed by atoms with van der Waals surface area (Å²) in [6.45, 7) is 3.60. The predicted molar refractivity (Wildman–Crippen MR) is 112 cm³/mol. The van der Waals surface area contributed by atoms with Gasteiger partial charge >= 0.3 is 11.6 Å². The minimum Gasteiger partial charge on any atom is -0.425 e. The van der Waals surface area contributed by atoms with Gasteiger partial charge in [0, 0.05) is 22.4 Å². The number of anilines is 1. The van der Waals surface area contributed by atoms with Gasteiger partial charge in [-0.25, -0.2) is 9.59 Å². The Morgan fingerprint density at radius 3 is 2.79 bits per heavy atom. The molecule has 0 spiro atoms. The molecule has 3 aromatic rings. The first-order valence-corrected chi connectivity index (χ1v) is 10.2. The number of para-hydroxylation sites is 1. The van der Waals surface area contributed by atoms with E-state index in [4.69, 9.17) is 9.15 Å². The van der Waals surface area contributed by atoms with Gasteiger partial charge < -0.3 is 9.15 Å². The minimum absolute atomic E-state index is 0.138. The molecule has 0 unspecified atom stereocenters. The highest BCUT2D eigenvalue weighted by Crippen LogP contribution is 2.35. The zero-order chi connectivity index (χ0) is 20.5. The van der Waals surface area contributed by atoms with Gasteiger partial charge in [0.2, 0.25) is 5.91 Å². The summed E-state index contributed by atoms with van der Waals surface area (Å²) < 4.78 is 10.9. The third-order valence-corrected chi connectivity index (χ3v) is 5.88. The largest absolute Gasteiger partial charge is 0.425 e. The molecule has 1 aliphatic heterocycles. The van der Waals surface area contributed by atoms with Crippen LogP contribution in [0.5, 0.6) is 5.75 Å². The molecular formula is C22H19NO5S. The summed E-state index contributed by atoms with van der Waals surface area (Å²) in [6.07, 6.45) is 0.638. The van der Waals surface area contributed by atoms with Crippen molar-refractivity contribution in [3.8, 4) is 5.75 Å². The van der Waals surface area contributed by atoms with Gasteiger partial charge in [0.25, 0.3) is 0 Å². The van der Waals surface area contributed by atoms with Crippen molar-refractivity contribution in [2.24, 2.45) is 0 Å². The van der Waals surface area contributed by atoms with Crippen LogP contribution in [0.15, 0.2) is 56.6 Å². The van der Waals surface area contributed by atoms with Gasteiger partial charge in [0.15, 0.2) is 0 Å². The van der Waals surface area contributed by atoms with Crippen molar-refractivity contribution in [2.75, 3.05) is 17.2 Å². The van der Waals surface area contributed by atoms with Gasteiger partial charge in [-0.2, -0.15) is 0 Å². The Bertz CT molecular complexity index is 1180. The maximum atomic E-state index is 12.7. The molecular weight excluding hydrogens is 390 g/mol. The van der Waals surface area contributed by atoms with E-state index < -0.39 is 11.6 Å². The number of hydrogen-bond acceptors (Lipinski definition) is 6. The molecule has 0 aliphatic carbocycles. The number of hydrogen-bond donors (Lipinski definition) is 0. The monoisotopic (exact) mass is 409 g/mol. The molecule has 0 saturated carbocycles. The van der Waals surface area contributed by atoms with E-state index in [-0.39, 0.29) is 18.2 Å². The van der Waals surface area contributed by atoms with E-state index in [0.717, 1.165) is 21.4 Å². The second kappa shape index (κ2) is 7.75. The van der Waals surface area contributed by atoms with Crippen LogP contribution in [-0.2, 0) is 16.0 Å². The molecule has 1 aromatic heterocycles. The van der Waals surface area contributed by atoms with E-state index in [1.165, 1.54) is 22.7 Å². The van der Waals surface area contributed by atoms with Gasteiger partial charge in [0.1, 0.15) is 17.9 Å². The van der Waals surface area contributed by atoms with E-state index in [1.807, 2.05) is 44.2 Å². The molecule has 0 atom stereocenters. The highest BCUT2D eigenvalue weighted by atomic mass is 32.2. The van der Waals surface area contributed by atoms with Crippen molar-refractivity contribution in [3.63, 3.8) is 0 Å². The molecule has 0 saturated heterocycles. The predicted octanol–water partition coefficient (Wildman–Crippen LogP) is 3.71. The lowest BCUT2D eigenvalue weighted by molar-refractivity contribution is -0.134. The van der Waals surface area contributed by atoms with Crippen molar-refractivity contribution in [1.82, 2.24) is 0 Å². The van der Waals surface area contributed by atoms with Crippen molar-refractivity contribution in [1.29, 1.82) is 0 Å². The standard InChI is InChI=1S/C22H19NO5S/c1-3-14-9-15-13(2)8-21(25)28-18(15)10-17(14)27-22(26)11-23-16-6-4-5-7-19(16)29-12-20(23)24/h4-10H,3,11-12H2,1-2H3. The third-order valence-electron chi connectivity index (χ3n) is 4.83. The first-order chi connectivity index (χ1) is 14.0. The number of esters is 1. The van der Waals surface area contributed by atoms with Crippen LogP contribution in [0.1, 0.15) is 18.1 Å². The maximum absolute atomic E-state index is 12.7. The summed E-state index contributed by atoms with van der Waals surface area (Å²) in [6, 6.07) is 12.3. The van der Waals surface area contributed by atoms with Crippen LogP contribution in [0.25, 0.3) is 11.0 Å². The van der Waals surface area contributed by atoms with Gasteiger partial charge in [-0.05, 0) is 42.7 Å². The molecule has 0 N–H and O–H groups in total. The Morgan fingerprint density at radius 2 is 2.00 bits per heavy atom. The lowest BCUT2D eigenvalue weighted by atomic mass is 10.1. The second-order valence-electron chi connectivity index (χ2n) is 6.77. The van der Waals surface area contributed by atoms with Crippen LogP contribution in [0.4, 0.5) is 5.69 Å². The molecule has 0 radical (unpaired) electrons. The molecule has 6 nitrogen and oxygen atoms in total. The fourth-order valence-electron chi connectivity index (χ4n) is 3.37. The fraction of sp³-hybridized carbons (Fsp3) is 0.227. The van der Waals surface area contributed by atoms with Crippen LogP contribution < -0.4 is 15.3 Å². The fourth-order valence-corrected chi connectivity index (χ4v) is 4.31. The molecule has 7 heteroatoms. The zero-order valence-corrected chi connectivity index (χ0v) is 16.9. The molecule has 148 valence electrons. The lowest BCUT2D eigenvalue weighted by Gasteiger charge is -2.28. The smallest absolute Gasteiger partial charge is 0.336 e. The van der Waals surface area contributed by atoms with E-state index in [1.54, 1.807) is 6.07 Å². The number of amides is 1. The minimum atomic E-state index is -0.552. The first kappa shape index (κ1) is 19.3. The summed E-state index contributed by atoms with van der Waals surface area (Å²) in [5, 5.41) is 0.804. The van der Waals surface area contributed by atoms with Gasteiger partial charge in [-0.1, -0.05) is 19.1 Å². The summed E-state index contributed by atoms with van der Waals surface area (Å²) >= 11 is 1.46. The summed E-state index contributed by atoms with van der Waals surface area (Å²) in [7, 11) is 0. The number of ether oxygens (including phenoxy) is 1. The van der Waals surface area contributed by atoms with Crippen LogP contribution in [-0.4, -0.2) is 24.2 Å². The van der Waals surface area contributed by atoms with Crippen LogP contribution in [0, 0.1) is 6.92 Å². The molecule has 0 fully saturated rings.